The molecule has 2 amide bonds. The van der Waals surface area contributed by atoms with Crippen LogP contribution in [0.5, 0.6) is 0 Å². The Hall–Kier alpha value is -1.95. The molecule has 2 N–H and O–H groups in total. The zero-order valence-corrected chi connectivity index (χ0v) is 12.8. The number of carbonyl (C=O) groups is 2. The summed E-state index contributed by atoms with van der Waals surface area (Å²) in [5, 5.41) is 0. The predicted molar refractivity (Wildman–Crippen MR) is 81.7 cm³/mol. The molecule has 6 heteroatoms. The van der Waals surface area contributed by atoms with Crippen LogP contribution in [0.2, 0.25) is 0 Å². The average molecular weight is 307 g/mol. The molecule has 0 saturated carbocycles. The molecule has 0 aliphatic carbocycles. The average Bonchev–Trinajstić information content (AvgIpc) is 2.78. The van der Waals surface area contributed by atoms with E-state index in [1.165, 1.54) is 18.2 Å². The SMILES string of the molecule is CC(CN)C(=O)N1CCCN(C(=O)c2cccc(F)c2)CC1. The van der Waals surface area contributed by atoms with Crippen molar-refractivity contribution in [2.24, 2.45) is 11.7 Å². The predicted octanol–water partition coefficient (Wildman–Crippen LogP) is 1.09. The van der Waals surface area contributed by atoms with Crippen LogP contribution in [-0.4, -0.2) is 54.3 Å². The number of hydrogen-bond acceptors (Lipinski definition) is 3. The maximum Gasteiger partial charge on any atom is 0.254 e. The lowest BCUT2D eigenvalue weighted by atomic mass is 10.1. The van der Waals surface area contributed by atoms with Crippen molar-refractivity contribution < 1.29 is 14.0 Å². The van der Waals surface area contributed by atoms with E-state index in [0.29, 0.717) is 44.7 Å². The number of hydrogen-bond donors (Lipinski definition) is 1. The van der Waals surface area contributed by atoms with Crippen molar-refractivity contribution in [1.29, 1.82) is 0 Å². The normalized spacial score (nSPS) is 17.0. The van der Waals surface area contributed by atoms with Gasteiger partial charge in [-0.15, -0.1) is 0 Å². The van der Waals surface area contributed by atoms with E-state index in [1.54, 1.807) is 15.9 Å². The van der Waals surface area contributed by atoms with E-state index in [0.717, 1.165) is 0 Å². The number of rotatable bonds is 3. The number of nitrogens with zero attached hydrogens (tertiary/aromatic N) is 2. The Morgan fingerprint density at radius 1 is 1.23 bits per heavy atom. The Kier molecular flexibility index (Phi) is 5.49. The molecule has 0 bridgehead atoms. The molecular weight excluding hydrogens is 285 g/mol. The fourth-order valence-corrected chi connectivity index (χ4v) is 2.56. The minimum absolute atomic E-state index is 0.0301. The first-order chi connectivity index (χ1) is 10.5. The third kappa shape index (κ3) is 3.82. The lowest BCUT2D eigenvalue weighted by molar-refractivity contribution is -0.134. The summed E-state index contributed by atoms with van der Waals surface area (Å²) in [6, 6.07) is 5.69. The number of nitrogens with two attached hydrogens (primary N) is 1. The van der Waals surface area contributed by atoms with Gasteiger partial charge in [-0.3, -0.25) is 9.59 Å². The first-order valence-corrected chi connectivity index (χ1v) is 7.56. The maximum absolute atomic E-state index is 13.2. The summed E-state index contributed by atoms with van der Waals surface area (Å²) in [7, 11) is 0. The van der Waals surface area contributed by atoms with E-state index in [1.807, 2.05) is 6.92 Å². The highest BCUT2D eigenvalue weighted by atomic mass is 19.1. The Labute approximate surface area is 129 Å². The van der Waals surface area contributed by atoms with Crippen LogP contribution in [0.1, 0.15) is 23.7 Å². The van der Waals surface area contributed by atoms with E-state index in [4.69, 9.17) is 5.73 Å². The van der Waals surface area contributed by atoms with Gasteiger partial charge in [-0.25, -0.2) is 4.39 Å². The van der Waals surface area contributed by atoms with Crippen LogP contribution < -0.4 is 5.73 Å². The fraction of sp³-hybridized carbons (Fsp3) is 0.500. The van der Waals surface area contributed by atoms with Gasteiger partial charge in [0.1, 0.15) is 5.82 Å². The van der Waals surface area contributed by atoms with Gasteiger partial charge in [-0.05, 0) is 24.6 Å². The molecule has 120 valence electrons. The van der Waals surface area contributed by atoms with Crippen molar-refractivity contribution in [3.05, 3.63) is 35.6 Å². The van der Waals surface area contributed by atoms with Gasteiger partial charge in [-0.2, -0.15) is 0 Å². The second-order valence-corrected chi connectivity index (χ2v) is 5.62. The molecule has 1 unspecified atom stereocenters. The number of amides is 2. The Morgan fingerprint density at radius 2 is 1.91 bits per heavy atom. The van der Waals surface area contributed by atoms with Crippen molar-refractivity contribution in [3.8, 4) is 0 Å². The Bertz CT molecular complexity index is 550. The summed E-state index contributed by atoms with van der Waals surface area (Å²) in [5.41, 5.74) is 5.88. The molecule has 2 rings (SSSR count). The van der Waals surface area contributed by atoms with Crippen molar-refractivity contribution in [1.82, 2.24) is 9.80 Å². The fourth-order valence-electron chi connectivity index (χ4n) is 2.56. The molecule has 0 spiro atoms. The van der Waals surface area contributed by atoms with E-state index in [-0.39, 0.29) is 17.7 Å². The summed E-state index contributed by atoms with van der Waals surface area (Å²) in [4.78, 5) is 28.0. The monoisotopic (exact) mass is 307 g/mol. The van der Waals surface area contributed by atoms with Crippen LogP contribution in [0.25, 0.3) is 0 Å². The van der Waals surface area contributed by atoms with Gasteiger partial charge >= 0.3 is 0 Å². The summed E-state index contributed by atoms with van der Waals surface area (Å²) in [6.07, 6.45) is 0.712. The molecule has 0 aromatic heterocycles. The molecule has 5 nitrogen and oxygen atoms in total. The van der Waals surface area contributed by atoms with Crippen molar-refractivity contribution >= 4 is 11.8 Å². The molecule has 0 radical (unpaired) electrons. The smallest absolute Gasteiger partial charge is 0.254 e. The van der Waals surface area contributed by atoms with Crippen LogP contribution in [0.15, 0.2) is 24.3 Å². The standard InChI is InChI=1S/C16H22FN3O2/c1-12(11-18)15(21)19-6-3-7-20(9-8-19)16(22)13-4-2-5-14(17)10-13/h2,4-5,10,12H,3,6-9,11,18H2,1H3. The molecule has 1 aromatic rings. The Balaban J connectivity index is 2.01. The second-order valence-electron chi connectivity index (χ2n) is 5.62. The molecule has 1 heterocycles. The van der Waals surface area contributed by atoms with Crippen LogP contribution in [0, 0.1) is 11.7 Å². The van der Waals surface area contributed by atoms with E-state index in [2.05, 4.69) is 0 Å². The lowest BCUT2D eigenvalue weighted by Gasteiger charge is -2.24. The van der Waals surface area contributed by atoms with E-state index >= 15 is 0 Å². The third-order valence-electron chi connectivity index (χ3n) is 3.94. The molecular formula is C16H22FN3O2. The van der Waals surface area contributed by atoms with Crippen LogP contribution >= 0.6 is 0 Å². The molecule has 1 saturated heterocycles. The van der Waals surface area contributed by atoms with Crippen LogP contribution in [0.4, 0.5) is 4.39 Å². The van der Waals surface area contributed by atoms with Gasteiger partial charge in [0.15, 0.2) is 0 Å². The van der Waals surface area contributed by atoms with Gasteiger partial charge in [-0.1, -0.05) is 13.0 Å². The molecule has 1 atom stereocenters. The molecule has 22 heavy (non-hydrogen) atoms. The number of halogens is 1. The number of benzene rings is 1. The first kappa shape index (κ1) is 16.4. The van der Waals surface area contributed by atoms with Gasteiger partial charge in [0.05, 0.1) is 0 Å². The molecule has 1 aliphatic rings. The maximum atomic E-state index is 13.2. The summed E-state index contributed by atoms with van der Waals surface area (Å²) in [6.45, 7) is 4.26. The summed E-state index contributed by atoms with van der Waals surface area (Å²) < 4.78 is 13.2. The van der Waals surface area contributed by atoms with Crippen LogP contribution in [-0.2, 0) is 4.79 Å². The van der Waals surface area contributed by atoms with Gasteiger partial charge in [0.25, 0.3) is 5.91 Å². The van der Waals surface area contributed by atoms with Crippen molar-refractivity contribution in [2.75, 3.05) is 32.7 Å². The topological polar surface area (TPSA) is 66.6 Å². The van der Waals surface area contributed by atoms with Crippen LogP contribution in [0.3, 0.4) is 0 Å². The second kappa shape index (κ2) is 7.35. The minimum atomic E-state index is -0.422. The Morgan fingerprint density at radius 3 is 2.59 bits per heavy atom. The quantitative estimate of drug-likeness (QED) is 0.909. The summed E-state index contributed by atoms with van der Waals surface area (Å²) >= 11 is 0. The van der Waals surface area contributed by atoms with E-state index < -0.39 is 5.82 Å². The zero-order valence-electron chi connectivity index (χ0n) is 12.8. The lowest BCUT2D eigenvalue weighted by Crippen LogP contribution is -2.41. The van der Waals surface area contributed by atoms with Gasteiger partial charge < -0.3 is 15.5 Å². The highest BCUT2D eigenvalue weighted by Crippen LogP contribution is 2.12. The van der Waals surface area contributed by atoms with Gasteiger partial charge in [0, 0.05) is 44.2 Å². The minimum Gasteiger partial charge on any atom is -0.341 e. The summed E-state index contributed by atoms with van der Waals surface area (Å²) in [5.74, 6) is -0.789. The molecule has 1 aromatic carbocycles. The first-order valence-electron chi connectivity index (χ1n) is 7.56. The highest BCUT2D eigenvalue weighted by molar-refractivity contribution is 5.94. The largest absolute Gasteiger partial charge is 0.341 e. The molecule has 1 aliphatic heterocycles. The van der Waals surface area contributed by atoms with Crippen molar-refractivity contribution in [3.63, 3.8) is 0 Å². The molecule has 1 fully saturated rings. The zero-order chi connectivity index (χ0) is 16.1. The number of carbonyl (C=O) groups excluding carboxylic acids is 2. The third-order valence-corrected chi connectivity index (χ3v) is 3.94. The van der Waals surface area contributed by atoms with Crippen molar-refractivity contribution in [2.45, 2.75) is 13.3 Å². The van der Waals surface area contributed by atoms with Gasteiger partial charge in [0.2, 0.25) is 5.91 Å². The highest BCUT2D eigenvalue weighted by Gasteiger charge is 2.25. The van der Waals surface area contributed by atoms with E-state index in [9.17, 15) is 14.0 Å².